The molecule has 0 N–H and O–H groups in total. The van der Waals surface area contributed by atoms with E-state index in [1.54, 1.807) is 0 Å². The molecule has 4 aliphatic rings. The zero-order valence-corrected chi connectivity index (χ0v) is 23.0. The number of benzene rings is 1. The third kappa shape index (κ3) is 5.02. The van der Waals surface area contributed by atoms with Crippen LogP contribution >= 0.6 is 0 Å². The first-order chi connectivity index (χ1) is 18.9. The molecule has 0 spiro atoms. The number of amides is 1. The molecule has 1 atom stereocenters. The van der Waals surface area contributed by atoms with Crippen molar-refractivity contribution in [1.82, 2.24) is 19.8 Å². The highest BCUT2D eigenvalue weighted by molar-refractivity contribution is 5.90. The first kappa shape index (κ1) is 25.9. The third-order valence-electron chi connectivity index (χ3n) is 8.71. The van der Waals surface area contributed by atoms with Gasteiger partial charge in [-0.1, -0.05) is 12.6 Å². The lowest BCUT2D eigenvalue weighted by Gasteiger charge is -2.36. The van der Waals surface area contributed by atoms with Crippen molar-refractivity contribution >= 4 is 23.1 Å². The highest BCUT2D eigenvalue weighted by Crippen LogP contribution is 2.40. The monoisotopic (exact) mass is 535 g/mol. The van der Waals surface area contributed by atoms with Gasteiger partial charge < -0.3 is 29.2 Å². The zero-order chi connectivity index (χ0) is 27.1. The maximum absolute atomic E-state index is 13.5. The molecule has 1 aromatic heterocycles. The van der Waals surface area contributed by atoms with E-state index in [1.807, 2.05) is 0 Å². The first-order valence-corrected chi connectivity index (χ1v) is 14.1. The summed E-state index contributed by atoms with van der Waals surface area (Å²) in [5.74, 6) is -0.672. The maximum atomic E-state index is 13.5. The van der Waals surface area contributed by atoms with E-state index in [0.717, 1.165) is 56.0 Å². The van der Waals surface area contributed by atoms with Crippen LogP contribution in [0, 0.1) is 0 Å². The van der Waals surface area contributed by atoms with Gasteiger partial charge in [-0.15, -0.1) is 0 Å². The predicted octanol–water partition coefficient (Wildman–Crippen LogP) is 2.98. The summed E-state index contributed by atoms with van der Waals surface area (Å²) in [7, 11) is 4.30. The van der Waals surface area contributed by atoms with E-state index in [2.05, 4.69) is 58.5 Å². The smallest absolute Gasteiger partial charge is 0.318 e. The molecule has 9 nitrogen and oxygen atoms in total. The minimum atomic E-state index is -0.911. The molecule has 0 bridgehead atoms. The lowest BCUT2D eigenvalue weighted by molar-refractivity contribution is -0.128. The molecule has 0 unspecified atom stereocenters. The van der Waals surface area contributed by atoms with E-state index in [0.29, 0.717) is 51.4 Å². The fourth-order valence-electron chi connectivity index (χ4n) is 6.45. The second-order valence-corrected chi connectivity index (χ2v) is 11.2. The van der Waals surface area contributed by atoms with Crippen LogP contribution in [0.2, 0.25) is 0 Å². The van der Waals surface area contributed by atoms with Crippen molar-refractivity contribution in [1.29, 1.82) is 0 Å². The molecule has 1 aromatic carbocycles. The molecule has 2 fully saturated rings. The van der Waals surface area contributed by atoms with Gasteiger partial charge in [0.05, 0.1) is 12.2 Å². The van der Waals surface area contributed by atoms with Crippen molar-refractivity contribution in [3.63, 3.8) is 0 Å². The molecular weight excluding hydrogens is 497 g/mol. The number of aromatic nitrogens is 2. The van der Waals surface area contributed by atoms with Crippen molar-refractivity contribution in [2.45, 2.75) is 44.8 Å². The normalized spacial score (nSPS) is 21.3. The number of nitrogens with zero attached hydrogens (tertiary/aromatic N) is 7. The summed E-state index contributed by atoms with van der Waals surface area (Å²) in [4.78, 5) is 32.8. The summed E-state index contributed by atoms with van der Waals surface area (Å²) in [5, 5.41) is 0. The average Bonchev–Trinajstić information content (AvgIpc) is 3.56. The molecule has 208 valence electrons. The van der Waals surface area contributed by atoms with Crippen LogP contribution in [-0.2, 0) is 24.3 Å². The second kappa shape index (κ2) is 10.6. The fourth-order valence-corrected chi connectivity index (χ4v) is 6.45. The van der Waals surface area contributed by atoms with Gasteiger partial charge in [0, 0.05) is 69.3 Å². The van der Waals surface area contributed by atoms with Crippen LogP contribution in [-0.4, -0.2) is 91.7 Å². The Morgan fingerprint density at radius 3 is 2.54 bits per heavy atom. The number of likely N-dealkylation sites (tertiary alicyclic amines) is 1. The number of likely N-dealkylation sites (N-methyl/N-ethyl adjacent to an activating group) is 1. The van der Waals surface area contributed by atoms with Gasteiger partial charge in [0.25, 0.3) is 5.91 Å². The fraction of sp³-hybridized carbons (Fsp3) is 0.552. The van der Waals surface area contributed by atoms with Gasteiger partial charge in [-0.2, -0.15) is 9.97 Å². The van der Waals surface area contributed by atoms with Crippen LogP contribution in [0.1, 0.15) is 36.1 Å². The molecule has 0 aliphatic carbocycles. The molecule has 2 saturated heterocycles. The second-order valence-electron chi connectivity index (χ2n) is 11.2. The molecule has 4 aliphatic heterocycles. The summed E-state index contributed by atoms with van der Waals surface area (Å²) in [6, 6.07) is 7.37. The standard InChI is InChI=1S/C29H38FN7O2/c1-20(30)28(38)36-15-13-35(14-16-36)27-23-17-37(26-10-4-9-25-22(26)8-6-12-34(25)3)18-24(23)31-29(32-27)39-19-21-7-5-11-33(21)2/h4,9-10,21H,1,5-8,11-19H2,2-3H3/t21-/m0/s1. The number of ether oxygens (including phenoxy) is 1. The minimum Gasteiger partial charge on any atom is -0.462 e. The number of anilines is 3. The molecule has 39 heavy (non-hydrogen) atoms. The minimum absolute atomic E-state index is 0.373. The van der Waals surface area contributed by atoms with E-state index >= 15 is 0 Å². The maximum Gasteiger partial charge on any atom is 0.318 e. The van der Waals surface area contributed by atoms with Crippen LogP contribution in [0.15, 0.2) is 30.6 Å². The Kier molecular flexibility index (Phi) is 7.05. The lowest BCUT2D eigenvalue weighted by atomic mass is 9.99. The van der Waals surface area contributed by atoms with E-state index in [1.165, 1.54) is 28.3 Å². The molecule has 5 heterocycles. The van der Waals surface area contributed by atoms with Crippen molar-refractivity contribution < 1.29 is 13.9 Å². The van der Waals surface area contributed by atoms with Crippen LogP contribution < -0.4 is 19.4 Å². The van der Waals surface area contributed by atoms with E-state index < -0.39 is 11.7 Å². The van der Waals surface area contributed by atoms with Crippen LogP contribution in [0.5, 0.6) is 6.01 Å². The SMILES string of the molecule is C=C(F)C(=O)N1CCN(c2nc(OC[C@@H]3CCCN3C)nc3c2CN(c2cccc4c2CCCN4C)C3)CC1. The van der Waals surface area contributed by atoms with E-state index in [4.69, 9.17) is 14.7 Å². The van der Waals surface area contributed by atoms with Crippen LogP contribution in [0.4, 0.5) is 21.6 Å². The number of hydrogen-bond acceptors (Lipinski definition) is 8. The molecule has 6 rings (SSSR count). The largest absolute Gasteiger partial charge is 0.462 e. The molecule has 0 saturated carbocycles. The molecule has 2 aromatic rings. The number of hydrogen-bond donors (Lipinski definition) is 0. The van der Waals surface area contributed by atoms with Crippen molar-refractivity contribution in [2.75, 3.05) is 74.7 Å². The Labute approximate surface area is 229 Å². The highest BCUT2D eigenvalue weighted by Gasteiger charge is 2.33. The van der Waals surface area contributed by atoms with Gasteiger partial charge in [0.2, 0.25) is 0 Å². The van der Waals surface area contributed by atoms with Crippen LogP contribution in [0.25, 0.3) is 0 Å². The van der Waals surface area contributed by atoms with E-state index in [9.17, 15) is 9.18 Å². The lowest BCUT2D eigenvalue weighted by Crippen LogP contribution is -2.49. The Morgan fingerprint density at radius 1 is 1.00 bits per heavy atom. The van der Waals surface area contributed by atoms with E-state index in [-0.39, 0.29) is 0 Å². The van der Waals surface area contributed by atoms with Crippen molar-refractivity contribution in [3.8, 4) is 6.01 Å². The zero-order valence-electron chi connectivity index (χ0n) is 23.0. The Morgan fingerprint density at radius 2 is 1.79 bits per heavy atom. The Balaban J connectivity index is 1.28. The van der Waals surface area contributed by atoms with Gasteiger partial charge in [-0.25, -0.2) is 4.39 Å². The average molecular weight is 536 g/mol. The number of carbonyl (C=O) groups excluding carboxylic acids is 1. The summed E-state index contributed by atoms with van der Waals surface area (Å²) in [5.41, 5.74) is 6.06. The number of carbonyl (C=O) groups is 1. The van der Waals surface area contributed by atoms with Gasteiger partial charge >= 0.3 is 6.01 Å². The summed E-state index contributed by atoms with van der Waals surface area (Å²) < 4.78 is 19.7. The summed E-state index contributed by atoms with van der Waals surface area (Å²) >= 11 is 0. The Bertz CT molecular complexity index is 1260. The van der Waals surface area contributed by atoms with Gasteiger partial charge in [-0.05, 0) is 57.0 Å². The molecular formula is C29H38FN7O2. The predicted molar refractivity (Wildman–Crippen MR) is 150 cm³/mol. The molecule has 0 radical (unpaired) electrons. The van der Waals surface area contributed by atoms with Crippen molar-refractivity contribution in [3.05, 3.63) is 47.4 Å². The summed E-state index contributed by atoms with van der Waals surface area (Å²) in [6.45, 7) is 9.31. The first-order valence-electron chi connectivity index (χ1n) is 14.1. The molecule has 10 heteroatoms. The summed E-state index contributed by atoms with van der Waals surface area (Å²) in [6.07, 6.45) is 4.51. The van der Waals surface area contributed by atoms with Gasteiger partial charge in [0.1, 0.15) is 12.4 Å². The van der Waals surface area contributed by atoms with Crippen molar-refractivity contribution in [2.24, 2.45) is 0 Å². The number of fused-ring (bicyclic) bond motifs is 2. The van der Waals surface area contributed by atoms with Crippen LogP contribution in [0.3, 0.4) is 0 Å². The topological polar surface area (TPSA) is 68.3 Å². The highest BCUT2D eigenvalue weighted by atomic mass is 19.1. The number of halogens is 1. The molecule has 1 amide bonds. The third-order valence-corrected chi connectivity index (χ3v) is 8.71. The quantitative estimate of drug-likeness (QED) is 0.523. The number of piperazine rings is 1. The Hall–Kier alpha value is -3.40. The van der Waals surface area contributed by atoms with Gasteiger partial charge in [-0.3, -0.25) is 4.79 Å². The van der Waals surface area contributed by atoms with Gasteiger partial charge in [0.15, 0.2) is 5.83 Å². The number of rotatable bonds is 6.